The molecule has 7 rings (SSSR count). The molecule has 2 aliphatic carbocycles. The van der Waals surface area contributed by atoms with Crippen molar-refractivity contribution >= 4 is 105 Å². The summed E-state index contributed by atoms with van der Waals surface area (Å²) in [5, 5.41) is 11.6. The number of ether oxygens (including phenoxy) is 4. The molecule has 8 heteroatoms. The van der Waals surface area contributed by atoms with Crippen LogP contribution in [-0.2, 0) is 15.9 Å². The second-order valence-corrected chi connectivity index (χ2v) is 9.88. The highest BCUT2D eigenvalue weighted by atomic mass is 32.1. The predicted molar refractivity (Wildman–Crippen MR) is 160 cm³/mol. The zero-order chi connectivity index (χ0) is 24.6. The van der Waals surface area contributed by atoms with Crippen molar-refractivity contribution < 1.29 is 18.9 Å². The highest BCUT2D eigenvalue weighted by Crippen LogP contribution is 2.52. The lowest BCUT2D eigenvalue weighted by molar-refractivity contribution is 0.104. The number of thiol groups is 4. The summed E-state index contributed by atoms with van der Waals surface area (Å²) in [5.74, 6) is 3.24. The third kappa shape index (κ3) is 2.93. The zero-order valence-electron chi connectivity index (χ0n) is 19.1. The Labute approximate surface area is 229 Å². The third-order valence-corrected chi connectivity index (χ3v) is 7.96. The summed E-state index contributed by atoms with van der Waals surface area (Å²) in [6, 6.07) is 12.9. The van der Waals surface area contributed by atoms with Crippen LogP contribution < -0.4 is 19.9 Å². The van der Waals surface area contributed by atoms with Gasteiger partial charge in [0.2, 0.25) is 0 Å². The molecule has 1 unspecified atom stereocenters. The molecule has 0 saturated heterocycles. The first-order valence-corrected chi connectivity index (χ1v) is 14.2. The number of benzene rings is 5. The summed E-state index contributed by atoms with van der Waals surface area (Å²) in [4.78, 5) is 0. The van der Waals surface area contributed by atoms with E-state index in [4.69, 9.17) is 18.9 Å². The molecule has 36 heavy (non-hydrogen) atoms. The SMILES string of the molecule is SCOC1=c2ccc3c4c5c(c(OCS)c(OCS)c6ccc7ccc(c(c24)c7c65)C1OCS)CC=3. The highest BCUT2D eigenvalue weighted by molar-refractivity contribution is 7.80. The molecule has 0 radical (unpaired) electrons. The topological polar surface area (TPSA) is 36.9 Å². The van der Waals surface area contributed by atoms with E-state index in [1.807, 2.05) is 0 Å². The molecule has 0 fully saturated rings. The summed E-state index contributed by atoms with van der Waals surface area (Å²) in [6.07, 6.45) is 2.63. The minimum Gasteiger partial charge on any atom is -0.484 e. The van der Waals surface area contributed by atoms with E-state index in [2.05, 4.69) is 93.0 Å². The first-order valence-electron chi connectivity index (χ1n) is 11.6. The van der Waals surface area contributed by atoms with Crippen molar-refractivity contribution in [3.05, 3.63) is 58.0 Å². The van der Waals surface area contributed by atoms with Crippen molar-refractivity contribution in [3.63, 3.8) is 0 Å². The van der Waals surface area contributed by atoms with Gasteiger partial charge in [-0.1, -0.05) is 36.4 Å². The van der Waals surface area contributed by atoms with Gasteiger partial charge in [-0.05, 0) is 50.2 Å². The van der Waals surface area contributed by atoms with E-state index in [9.17, 15) is 0 Å². The maximum atomic E-state index is 6.19. The average molecular weight is 551 g/mol. The van der Waals surface area contributed by atoms with Crippen LogP contribution in [0.25, 0.3) is 54.9 Å². The van der Waals surface area contributed by atoms with E-state index in [1.54, 1.807) is 0 Å². The van der Waals surface area contributed by atoms with Crippen LogP contribution in [0, 0.1) is 0 Å². The van der Waals surface area contributed by atoms with Crippen LogP contribution in [0.3, 0.4) is 0 Å². The van der Waals surface area contributed by atoms with Crippen molar-refractivity contribution in [1.29, 1.82) is 0 Å². The maximum Gasteiger partial charge on any atom is 0.170 e. The van der Waals surface area contributed by atoms with Crippen LogP contribution in [0.4, 0.5) is 0 Å². The Bertz CT molecular complexity index is 1830. The zero-order valence-corrected chi connectivity index (χ0v) is 22.7. The van der Waals surface area contributed by atoms with Gasteiger partial charge >= 0.3 is 0 Å². The molecule has 0 bridgehead atoms. The molecule has 0 saturated carbocycles. The Hall–Kier alpha value is -2.10. The standard InChI is InChI=1S/C28H22O4S4/c33-9-29-25-15-5-1-13-2-6-16-22-19(13)21(15)23-17(26(25)30-10-34)7-3-14-4-8-18(24(22)20(14)23)28(32-12-36)27(16)31-11-35/h1-7,25,33-36H,8-12H2. The van der Waals surface area contributed by atoms with Gasteiger partial charge in [-0.3, -0.25) is 0 Å². The van der Waals surface area contributed by atoms with Crippen molar-refractivity contribution in [3.8, 4) is 11.5 Å². The molecule has 0 spiro atoms. The normalized spacial score (nSPS) is 16.1. The molecule has 0 amide bonds. The van der Waals surface area contributed by atoms with E-state index in [0.29, 0.717) is 5.75 Å². The van der Waals surface area contributed by atoms with E-state index >= 15 is 0 Å². The molecule has 2 aliphatic rings. The minimum absolute atomic E-state index is 0.245. The fourth-order valence-corrected chi connectivity index (χ4v) is 6.82. The van der Waals surface area contributed by atoms with Gasteiger partial charge in [0, 0.05) is 26.9 Å². The van der Waals surface area contributed by atoms with Gasteiger partial charge < -0.3 is 18.9 Å². The molecule has 4 nitrogen and oxygen atoms in total. The van der Waals surface area contributed by atoms with Crippen LogP contribution in [0.1, 0.15) is 17.2 Å². The van der Waals surface area contributed by atoms with Crippen molar-refractivity contribution in [1.82, 2.24) is 0 Å². The highest BCUT2D eigenvalue weighted by Gasteiger charge is 2.33. The number of hydrogen-bond donors (Lipinski definition) is 4. The van der Waals surface area contributed by atoms with Gasteiger partial charge in [0.25, 0.3) is 0 Å². The second kappa shape index (κ2) is 8.74. The smallest absolute Gasteiger partial charge is 0.170 e. The fourth-order valence-electron chi connectivity index (χ4n) is 6.27. The number of rotatable bonds is 8. The summed E-state index contributed by atoms with van der Waals surface area (Å²) < 4.78 is 24.6. The molecule has 0 aliphatic heterocycles. The molecular weight excluding hydrogens is 529 g/mol. The summed E-state index contributed by atoms with van der Waals surface area (Å²) in [6.45, 7) is 0. The van der Waals surface area contributed by atoms with E-state index in [0.717, 1.165) is 39.7 Å². The van der Waals surface area contributed by atoms with Gasteiger partial charge in [0.15, 0.2) is 11.5 Å². The van der Waals surface area contributed by atoms with Gasteiger partial charge in [-0.2, -0.15) is 12.6 Å². The van der Waals surface area contributed by atoms with Crippen molar-refractivity contribution in [2.24, 2.45) is 0 Å². The van der Waals surface area contributed by atoms with Crippen LogP contribution in [0.5, 0.6) is 11.5 Å². The lowest BCUT2D eigenvalue weighted by Gasteiger charge is -2.30. The van der Waals surface area contributed by atoms with Crippen LogP contribution in [-0.4, -0.2) is 23.8 Å². The Morgan fingerprint density at radius 1 is 0.667 bits per heavy atom. The number of hydrogen-bond acceptors (Lipinski definition) is 8. The molecule has 0 heterocycles. The summed E-state index contributed by atoms with van der Waals surface area (Å²) >= 11 is 17.5. The first kappa shape index (κ1) is 23.0. The third-order valence-electron chi connectivity index (χ3n) is 7.42. The molecular formula is C28H22O4S4. The fraction of sp³-hybridized carbons (Fsp3) is 0.214. The molecule has 5 aromatic carbocycles. The van der Waals surface area contributed by atoms with Crippen LogP contribution in [0.2, 0.25) is 0 Å². The first-order chi connectivity index (χ1) is 17.7. The van der Waals surface area contributed by atoms with Crippen molar-refractivity contribution in [2.75, 3.05) is 23.8 Å². The second-order valence-electron chi connectivity index (χ2n) is 8.85. The monoisotopic (exact) mass is 550 g/mol. The lowest BCUT2D eigenvalue weighted by atomic mass is 9.79. The Balaban J connectivity index is 1.83. The Morgan fingerprint density at radius 2 is 1.44 bits per heavy atom. The van der Waals surface area contributed by atoms with Gasteiger partial charge in [0.05, 0.1) is 5.94 Å². The lowest BCUT2D eigenvalue weighted by Crippen LogP contribution is -2.26. The van der Waals surface area contributed by atoms with E-state index in [-0.39, 0.29) is 29.9 Å². The molecule has 1 atom stereocenters. The molecule has 5 aromatic rings. The Kier molecular flexibility index (Phi) is 5.59. The predicted octanol–water partition coefficient (Wildman–Crippen LogP) is 5.58. The van der Waals surface area contributed by atoms with Gasteiger partial charge in [-0.25, -0.2) is 0 Å². The molecule has 0 N–H and O–H groups in total. The van der Waals surface area contributed by atoms with Crippen LogP contribution in [0.15, 0.2) is 36.4 Å². The summed E-state index contributed by atoms with van der Waals surface area (Å²) in [7, 11) is 0. The van der Waals surface area contributed by atoms with E-state index < -0.39 is 0 Å². The quantitative estimate of drug-likeness (QED) is 0.0881. The summed E-state index contributed by atoms with van der Waals surface area (Å²) in [5.41, 5.74) is 2.19. The Morgan fingerprint density at radius 3 is 2.22 bits per heavy atom. The van der Waals surface area contributed by atoms with Crippen LogP contribution >= 0.6 is 50.5 Å². The largest absolute Gasteiger partial charge is 0.484 e. The minimum atomic E-state index is -0.372. The maximum absolute atomic E-state index is 6.19. The molecule has 182 valence electrons. The average Bonchev–Trinajstić information content (AvgIpc) is 2.90. The van der Waals surface area contributed by atoms with Gasteiger partial charge in [-0.15, -0.1) is 37.9 Å². The van der Waals surface area contributed by atoms with Gasteiger partial charge in [0.1, 0.15) is 29.7 Å². The molecule has 0 aromatic heterocycles. The van der Waals surface area contributed by atoms with E-state index in [1.165, 1.54) is 42.9 Å². The van der Waals surface area contributed by atoms with Crippen molar-refractivity contribution in [2.45, 2.75) is 12.5 Å².